The Hall–Kier alpha value is -1.75. The van der Waals surface area contributed by atoms with Crippen LogP contribution in [0.5, 0.6) is 0 Å². The van der Waals surface area contributed by atoms with Crippen molar-refractivity contribution in [3.05, 3.63) is 30.3 Å². The Morgan fingerprint density at radius 1 is 1.33 bits per heavy atom. The highest BCUT2D eigenvalue weighted by molar-refractivity contribution is 5.80. The van der Waals surface area contributed by atoms with Gasteiger partial charge in [0.2, 0.25) is 0 Å². The molecule has 134 valence electrons. The molecule has 0 aliphatic carbocycles. The van der Waals surface area contributed by atoms with Gasteiger partial charge in [0, 0.05) is 51.6 Å². The van der Waals surface area contributed by atoms with Gasteiger partial charge in [-0.25, -0.2) is 0 Å². The zero-order valence-corrected chi connectivity index (χ0v) is 15.3. The van der Waals surface area contributed by atoms with Crippen LogP contribution in [0, 0.1) is 5.92 Å². The molecule has 2 rings (SSSR count). The number of para-hydroxylation sites is 1. The molecule has 1 aliphatic heterocycles. The quantitative estimate of drug-likeness (QED) is 0.436. The van der Waals surface area contributed by atoms with E-state index in [1.54, 1.807) is 0 Å². The summed E-state index contributed by atoms with van der Waals surface area (Å²) in [4.78, 5) is 6.75. The lowest BCUT2D eigenvalue weighted by Crippen LogP contribution is -2.45. The third kappa shape index (κ3) is 6.40. The van der Waals surface area contributed by atoms with E-state index in [1.165, 1.54) is 5.69 Å². The molecule has 0 bridgehead atoms. The molecule has 1 fully saturated rings. The molecule has 1 heterocycles. The van der Waals surface area contributed by atoms with Crippen LogP contribution in [0.25, 0.3) is 0 Å². The van der Waals surface area contributed by atoms with Gasteiger partial charge in [0.05, 0.1) is 0 Å². The first-order chi connectivity index (χ1) is 11.7. The first-order valence-electron chi connectivity index (χ1n) is 9.04. The van der Waals surface area contributed by atoms with Crippen LogP contribution < -0.4 is 15.5 Å². The summed E-state index contributed by atoms with van der Waals surface area (Å²) in [5, 5.41) is 6.91. The van der Waals surface area contributed by atoms with Gasteiger partial charge < -0.3 is 20.3 Å². The lowest BCUT2D eigenvalue weighted by Gasteiger charge is -2.20. The fraction of sp³-hybridized carbons (Fsp3) is 0.632. The number of rotatable bonds is 8. The minimum absolute atomic E-state index is 0.439. The van der Waals surface area contributed by atoms with Crippen molar-refractivity contribution in [3.8, 4) is 0 Å². The summed E-state index contributed by atoms with van der Waals surface area (Å²) >= 11 is 0. The van der Waals surface area contributed by atoms with Gasteiger partial charge in [-0.2, -0.15) is 0 Å². The second-order valence-electron chi connectivity index (χ2n) is 6.73. The molecule has 1 aliphatic rings. The Balaban J connectivity index is 1.65. The zero-order chi connectivity index (χ0) is 17.2. The number of guanidine groups is 1. The first kappa shape index (κ1) is 18.6. The Labute approximate surface area is 146 Å². The average molecular weight is 332 g/mol. The molecule has 0 aromatic heterocycles. The lowest BCUT2D eigenvalue weighted by molar-refractivity contribution is 0.108. The summed E-state index contributed by atoms with van der Waals surface area (Å²) in [6.45, 7) is 8.96. The maximum atomic E-state index is 5.60. The molecule has 2 N–H and O–H groups in total. The van der Waals surface area contributed by atoms with Gasteiger partial charge in [-0.15, -0.1) is 0 Å². The number of hydrogen-bond acceptors (Lipinski definition) is 3. The maximum Gasteiger partial charge on any atom is 0.191 e. The standard InChI is InChI=1S/C19H32N4O/c1-16(2)15-24-13-7-11-21-19(20-3)22-17-10-12-23(14-17)18-8-5-4-6-9-18/h4-6,8-9,16-17H,7,10-15H2,1-3H3,(H2,20,21,22). The van der Waals surface area contributed by atoms with Crippen LogP contribution in [0.4, 0.5) is 5.69 Å². The van der Waals surface area contributed by atoms with Gasteiger partial charge in [-0.3, -0.25) is 4.99 Å². The number of aliphatic imine (C=N–C) groups is 1. The molecule has 1 atom stereocenters. The molecular formula is C19H32N4O. The van der Waals surface area contributed by atoms with Crippen LogP contribution >= 0.6 is 0 Å². The van der Waals surface area contributed by atoms with Crippen LogP contribution in [0.1, 0.15) is 26.7 Å². The predicted molar refractivity (Wildman–Crippen MR) is 102 cm³/mol. The molecule has 24 heavy (non-hydrogen) atoms. The highest BCUT2D eigenvalue weighted by Crippen LogP contribution is 2.19. The number of anilines is 1. The van der Waals surface area contributed by atoms with Gasteiger partial charge in [-0.05, 0) is 30.9 Å². The summed E-state index contributed by atoms with van der Waals surface area (Å²) in [6, 6.07) is 11.0. The Morgan fingerprint density at radius 2 is 2.12 bits per heavy atom. The van der Waals surface area contributed by atoms with Crippen molar-refractivity contribution in [2.75, 3.05) is 44.8 Å². The molecule has 1 unspecified atom stereocenters. The van der Waals surface area contributed by atoms with E-state index in [1.807, 2.05) is 7.05 Å². The van der Waals surface area contributed by atoms with E-state index in [0.717, 1.165) is 51.6 Å². The van der Waals surface area contributed by atoms with E-state index >= 15 is 0 Å². The molecule has 0 saturated carbocycles. The number of hydrogen-bond donors (Lipinski definition) is 2. The lowest BCUT2D eigenvalue weighted by atomic mass is 10.2. The second kappa shape index (κ2) is 10.2. The normalized spacial score (nSPS) is 18.2. The maximum absolute atomic E-state index is 5.60. The van der Waals surface area contributed by atoms with E-state index in [4.69, 9.17) is 4.74 Å². The predicted octanol–water partition coefficient (Wildman–Crippen LogP) is 2.49. The summed E-state index contributed by atoms with van der Waals surface area (Å²) < 4.78 is 5.60. The van der Waals surface area contributed by atoms with Gasteiger partial charge >= 0.3 is 0 Å². The average Bonchev–Trinajstić information content (AvgIpc) is 3.06. The summed E-state index contributed by atoms with van der Waals surface area (Å²) in [6.07, 6.45) is 2.13. The van der Waals surface area contributed by atoms with Crippen LogP contribution in [0.15, 0.2) is 35.3 Å². The van der Waals surface area contributed by atoms with Crippen molar-refractivity contribution in [1.82, 2.24) is 10.6 Å². The smallest absolute Gasteiger partial charge is 0.191 e. The SMILES string of the molecule is CN=C(NCCCOCC(C)C)NC1CCN(c2ccccc2)C1. The van der Waals surface area contributed by atoms with Crippen molar-refractivity contribution in [2.24, 2.45) is 10.9 Å². The van der Waals surface area contributed by atoms with E-state index in [9.17, 15) is 0 Å². The highest BCUT2D eigenvalue weighted by atomic mass is 16.5. The molecule has 0 spiro atoms. The molecule has 1 saturated heterocycles. The summed E-state index contributed by atoms with van der Waals surface area (Å²) in [5.41, 5.74) is 1.30. The van der Waals surface area contributed by atoms with E-state index in [0.29, 0.717) is 12.0 Å². The number of nitrogens with zero attached hydrogens (tertiary/aromatic N) is 2. The summed E-state index contributed by atoms with van der Waals surface area (Å²) in [5.74, 6) is 1.49. The van der Waals surface area contributed by atoms with Crippen molar-refractivity contribution < 1.29 is 4.74 Å². The van der Waals surface area contributed by atoms with Gasteiger partial charge in [0.25, 0.3) is 0 Å². The van der Waals surface area contributed by atoms with Crippen molar-refractivity contribution in [3.63, 3.8) is 0 Å². The Bertz CT molecular complexity index is 489. The molecule has 1 aromatic carbocycles. The van der Waals surface area contributed by atoms with Crippen molar-refractivity contribution in [1.29, 1.82) is 0 Å². The second-order valence-corrected chi connectivity index (χ2v) is 6.73. The van der Waals surface area contributed by atoms with Crippen molar-refractivity contribution >= 4 is 11.6 Å². The van der Waals surface area contributed by atoms with Crippen LogP contribution in [-0.4, -0.2) is 51.9 Å². The fourth-order valence-electron chi connectivity index (χ4n) is 2.84. The molecule has 5 nitrogen and oxygen atoms in total. The molecule has 0 amide bonds. The number of benzene rings is 1. The third-order valence-electron chi connectivity index (χ3n) is 4.08. The summed E-state index contributed by atoms with van der Waals surface area (Å²) in [7, 11) is 1.83. The van der Waals surface area contributed by atoms with Crippen LogP contribution in [-0.2, 0) is 4.74 Å². The Kier molecular flexibility index (Phi) is 7.89. The van der Waals surface area contributed by atoms with E-state index in [-0.39, 0.29) is 0 Å². The van der Waals surface area contributed by atoms with E-state index < -0.39 is 0 Å². The van der Waals surface area contributed by atoms with Gasteiger partial charge in [0.1, 0.15) is 0 Å². The monoisotopic (exact) mass is 332 g/mol. The van der Waals surface area contributed by atoms with Crippen LogP contribution in [0.3, 0.4) is 0 Å². The largest absolute Gasteiger partial charge is 0.381 e. The van der Waals surface area contributed by atoms with E-state index in [2.05, 4.69) is 64.7 Å². The molecule has 0 radical (unpaired) electrons. The molecular weight excluding hydrogens is 300 g/mol. The number of ether oxygens (including phenoxy) is 1. The minimum Gasteiger partial charge on any atom is -0.381 e. The van der Waals surface area contributed by atoms with Gasteiger partial charge in [0.15, 0.2) is 5.96 Å². The van der Waals surface area contributed by atoms with Crippen LogP contribution in [0.2, 0.25) is 0 Å². The van der Waals surface area contributed by atoms with Crippen molar-refractivity contribution in [2.45, 2.75) is 32.7 Å². The highest BCUT2D eigenvalue weighted by Gasteiger charge is 2.23. The topological polar surface area (TPSA) is 48.9 Å². The number of nitrogens with one attached hydrogen (secondary N) is 2. The molecule has 5 heteroatoms. The minimum atomic E-state index is 0.439. The third-order valence-corrected chi connectivity index (χ3v) is 4.08. The molecule has 1 aromatic rings. The zero-order valence-electron chi connectivity index (χ0n) is 15.3. The first-order valence-corrected chi connectivity index (χ1v) is 9.04. The van der Waals surface area contributed by atoms with Gasteiger partial charge in [-0.1, -0.05) is 32.0 Å². The Morgan fingerprint density at radius 3 is 2.83 bits per heavy atom. The fourth-order valence-corrected chi connectivity index (χ4v) is 2.84.